The fraction of sp³-hybridized carbons (Fsp3) is 0.240. The highest BCUT2D eigenvalue weighted by Crippen LogP contribution is 2.27. The molecule has 0 saturated heterocycles. The molecule has 28 heavy (non-hydrogen) atoms. The molecule has 0 bridgehead atoms. The summed E-state index contributed by atoms with van der Waals surface area (Å²) >= 11 is 0. The van der Waals surface area contributed by atoms with Crippen LogP contribution in [0.15, 0.2) is 78.9 Å². The minimum absolute atomic E-state index is 0.0294. The Kier molecular flexibility index (Phi) is 6.85. The molecule has 0 aliphatic carbocycles. The number of hydrogen-bond acceptors (Lipinski definition) is 2. The summed E-state index contributed by atoms with van der Waals surface area (Å²) in [5, 5.41) is 2.99. The molecular weight excluding hydrogens is 346 g/mol. The van der Waals surface area contributed by atoms with E-state index in [1.807, 2.05) is 48.5 Å². The van der Waals surface area contributed by atoms with Crippen LogP contribution in [-0.2, 0) is 4.79 Å². The van der Waals surface area contributed by atoms with Gasteiger partial charge in [-0.3, -0.25) is 4.79 Å². The summed E-state index contributed by atoms with van der Waals surface area (Å²) in [7, 11) is 0. The molecule has 0 aliphatic heterocycles. The van der Waals surface area contributed by atoms with Gasteiger partial charge in [0.1, 0.15) is 12.4 Å². The quantitative estimate of drug-likeness (QED) is 0.563. The largest absolute Gasteiger partial charge is 0.492 e. The van der Waals surface area contributed by atoms with Crippen molar-refractivity contribution >= 4 is 5.91 Å². The van der Waals surface area contributed by atoms with Crippen molar-refractivity contribution in [3.8, 4) is 5.75 Å². The molecule has 0 unspecified atom stereocenters. The predicted molar refractivity (Wildman–Crippen MR) is 114 cm³/mol. The van der Waals surface area contributed by atoms with Gasteiger partial charge in [-0.2, -0.15) is 0 Å². The van der Waals surface area contributed by atoms with Gasteiger partial charge < -0.3 is 10.1 Å². The Morgan fingerprint density at radius 1 is 0.857 bits per heavy atom. The molecule has 3 aromatic rings. The van der Waals surface area contributed by atoms with E-state index in [4.69, 9.17) is 4.74 Å². The number of amides is 1. The van der Waals surface area contributed by atoms with Gasteiger partial charge in [0.2, 0.25) is 5.91 Å². The van der Waals surface area contributed by atoms with Crippen LogP contribution in [0, 0.1) is 13.8 Å². The first-order valence-electron chi connectivity index (χ1n) is 9.69. The Hall–Kier alpha value is -3.07. The highest BCUT2D eigenvalue weighted by atomic mass is 16.5. The number of aryl methyl sites for hydroxylation is 2. The number of carbonyl (C=O) groups excluding carboxylic acids is 1. The number of carbonyl (C=O) groups is 1. The van der Waals surface area contributed by atoms with Crippen LogP contribution < -0.4 is 10.1 Å². The highest BCUT2D eigenvalue weighted by molar-refractivity contribution is 5.77. The van der Waals surface area contributed by atoms with E-state index in [0.29, 0.717) is 19.6 Å². The van der Waals surface area contributed by atoms with Gasteiger partial charge in [0, 0.05) is 12.3 Å². The minimum Gasteiger partial charge on any atom is -0.492 e. The summed E-state index contributed by atoms with van der Waals surface area (Å²) in [4.78, 5) is 12.6. The Morgan fingerprint density at radius 2 is 1.39 bits per heavy atom. The third-order valence-electron chi connectivity index (χ3n) is 4.68. The molecule has 0 fully saturated rings. The minimum atomic E-state index is 0.0294. The molecule has 0 aromatic heterocycles. The van der Waals surface area contributed by atoms with Crippen LogP contribution in [0.25, 0.3) is 0 Å². The molecule has 1 N–H and O–H groups in total. The molecule has 3 heteroatoms. The predicted octanol–water partition coefficient (Wildman–Crippen LogP) is 5.02. The Balaban J connectivity index is 1.55. The average molecular weight is 373 g/mol. The van der Waals surface area contributed by atoms with Gasteiger partial charge in [0.05, 0.1) is 6.54 Å². The fourth-order valence-corrected chi connectivity index (χ4v) is 3.43. The SMILES string of the molecule is Cc1cc(C)cc(OCCNC(=O)CC(c2ccccc2)c2ccccc2)c1. The monoisotopic (exact) mass is 373 g/mol. The lowest BCUT2D eigenvalue weighted by Crippen LogP contribution is -2.29. The summed E-state index contributed by atoms with van der Waals surface area (Å²) in [5.74, 6) is 0.919. The van der Waals surface area contributed by atoms with Crippen molar-refractivity contribution < 1.29 is 9.53 Å². The van der Waals surface area contributed by atoms with Gasteiger partial charge in [-0.05, 0) is 48.2 Å². The molecule has 0 saturated carbocycles. The van der Waals surface area contributed by atoms with Gasteiger partial charge >= 0.3 is 0 Å². The lowest BCUT2D eigenvalue weighted by Gasteiger charge is -2.18. The number of hydrogen-bond donors (Lipinski definition) is 1. The summed E-state index contributed by atoms with van der Waals surface area (Å²) in [6.45, 7) is 5.04. The van der Waals surface area contributed by atoms with E-state index >= 15 is 0 Å². The maximum absolute atomic E-state index is 12.6. The average Bonchev–Trinajstić information content (AvgIpc) is 2.70. The normalized spacial score (nSPS) is 10.7. The zero-order valence-electron chi connectivity index (χ0n) is 16.5. The molecule has 3 nitrogen and oxygen atoms in total. The molecule has 1 amide bonds. The Morgan fingerprint density at radius 3 is 1.93 bits per heavy atom. The summed E-state index contributed by atoms with van der Waals surface area (Å²) in [6.07, 6.45) is 0.414. The van der Waals surface area contributed by atoms with Gasteiger partial charge in [0.15, 0.2) is 0 Å². The van der Waals surface area contributed by atoms with E-state index in [-0.39, 0.29) is 11.8 Å². The van der Waals surface area contributed by atoms with Gasteiger partial charge in [0.25, 0.3) is 0 Å². The second-order valence-corrected chi connectivity index (χ2v) is 7.10. The standard InChI is InChI=1S/C25H27NO2/c1-19-15-20(2)17-23(16-19)28-14-13-26-25(27)18-24(21-9-5-3-6-10-21)22-11-7-4-8-12-22/h3-12,15-17,24H,13-14,18H2,1-2H3,(H,26,27). The van der Waals surface area contributed by atoms with Crippen molar-refractivity contribution in [2.24, 2.45) is 0 Å². The molecule has 0 radical (unpaired) electrons. The van der Waals surface area contributed by atoms with Crippen LogP contribution in [-0.4, -0.2) is 19.1 Å². The zero-order chi connectivity index (χ0) is 19.8. The Labute approximate surface area is 167 Å². The zero-order valence-corrected chi connectivity index (χ0v) is 16.5. The molecule has 0 heterocycles. The molecule has 3 rings (SSSR count). The number of rotatable bonds is 8. The van der Waals surface area contributed by atoms with Crippen LogP contribution in [0.2, 0.25) is 0 Å². The van der Waals surface area contributed by atoms with Gasteiger partial charge in [-0.1, -0.05) is 66.7 Å². The smallest absolute Gasteiger partial charge is 0.221 e. The first-order chi connectivity index (χ1) is 13.6. The van der Waals surface area contributed by atoms with Gasteiger partial charge in [-0.25, -0.2) is 0 Å². The summed E-state index contributed by atoms with van der Waals surface area (Å²) in [5.41, 5.74) is 4.64. The third-order valence-corrected chi connectivity index (χ3v) is 4.68. The van der Waals surface area contributed by atoms with E-state index in [0.717, 1.165) is 16.9 Å². The second kappa shape index (κ2) is 9.75. The summed E-state index contributed by atoms with van der Waals surface area (Å²) in [6, 6.07) is 26.5. The number of ether oxygens (including phenoxy) is 1. The molecule has 144 valence electrons. The highest BCUT2D eigenvalue weighted by Gasteiger charge is 2.17. The van der Waals surface area contributed by atoms with E-state index in [2.05, 4.69) is 49.5 Å². The maximum atomic E-state index is 12.6. The van der Waals surface area contributed by atoms with Crippen molar-refractivity contribution in [1.29, 1.82) is 0 Å². The lowest BCUT2D eigenvalue weighted by atomic mass is 9.88. The van der Waals surface area contributed by atoms with Crippen LogP contribution >= 0.6 is 0 Å². The van der Waals surface area contributed by atoms with E-state index in [9.17, 15) is 4.79 Å². The second-order valence-electron chi connectivity index (χ2n) is 7.10. The first kappa shape index (κ1) is 19.7. The van der Waals surface area contributed by atoms with Crippen LogP contribution in [0.1, 0.15) is 34.6 Å². The lowest BCUT2D eigenvalue weighted by molar-refractivity contribution is -0.121. The van der Waals surface area contributed by atoms with E-state index in [1.54, 1.807) is 0 Å². The van der Waals surface area contributed by atoms with Crippen molar-refractivity contribution in [2.75, 3.05) is 13.2 Å². The van der Waals surface area contributed by atoms with Gasteiger partial charge in [-0.15, -0.1) is 0 Å². The fourth-order valence-electron chi connectivity index (χ4n) is 3.43. The van der Waals surface area contributed by atoms with Crippen molar-refractivity contribution in [1.82, 2.24) is 5.32 Å². The molecule has 0 aliphatic rings. The topological polar surface area (TPSA) is 38.3 Å². The molecule has 0 spiro atoms. The van der Waals surface area contributed by atoms with E-state index in [1.165, 1.54) is 11.1 Å². The molecule has 0 atom stereocenters. The van der Waals surface area contributed by atoms with Crippen LogP contribution in [0.4, 0.5) is 0 Å². The summed E-state index contributed by atoms with van der Waals surface area (Å²) < 4.78 is 5.78. The maximum Gasteiger partial charge on any atom is 0.221 e. The Bertz CT molecular complexity index is 831. The van der Waals surface area contributed by atoms with Crippen molar-refractivity contribution in [2.45, 2.75) is 26.2 Å². The van der Waals surface area contributed by atoms with Crippen molar-refractivity contribution in [3.05, 3.63) is 101 Å². The molecular formula is C25H27NO2. The van der Waals surface area contributed by atoms with Crippen LogP contribution in [0.5, 0.6) is 5.75 Å². The van der Waals surface area contributed by atoms with Crippen LogP contribution in [0.3, 0.4) is 0 Å². The van der Waals surface area contributed by atoms with Crippen molar-refractivity contribution in [3.63, 3.8) is 0 Å². The number of benzene rings is 3. The molecule has 3 aromatic carbocycles. The third kappa shape index (κ3) is 5.71. The number of nitrogens with one attached hydrogen (secondary N) is 1. The first-order valence-corrected chi connectivity index (χ1v) is 9.69. The van der Waals surface area contributed by atoms with E-state index < -0.39 is 0 Å².